The standard InChI is InChI=1S/C17H15BrN8O/c1-2-27-11-4-3-8(18)5-9(11)14-12-13(21)10(6-19)15(22)25-16(12)26-17(24-14)23-7-20/h3-5,14H,2H2,1H3,(H6,21,22,23,24,25,26). The van der Waals surface area contributed by atoms with Crippen molar-refractivity contribution < 1.29 is 4.74 Å². The lowest BCUT2D eigenvalue weighted by molar-refractivity contribution is 0.335. The Hall–Kier alpha value is -3.50. The van der Waals surface area contributed by atoms with Crippen molar-refractivity contribution >= 4 is 39.2 Å². The van der Waals surface area contributed by atoms with Gasteiger partial charge in [-0.2, -0.15) is 10.5 Å². The van der Waals surface area contributed by atoms with E-state index in [0.717, 1.165) is 4.47 Å². The van der Waals surface area contributed by atoms with Gasteiger partial charge in [0.1, 0.15) is 35.1 Å². The minimum atomic E-state index is -0.656. The van der Waals surface area contributed by atoms with E-state index < -0.39 is 6.04 Å². The van der Waals surface area contributed by atoms with Crippen LogP contribution in [-0.4, -0.2) is 17.6 Å². The smallest absolute Gasteiger partial charge is 0.211 e. The first-order valence-electron chi connectivity index (χ1n) is 7.91. The fraction of sp³-hybridized carbons (Fsp3) is 0.176. The third kappa shape index (κ3) is 3.30. The van der Waals surface area contributed by atoms with E-state index in [2.05, 4.69) is 36.5 Å². The Morgan fingerprint density at radius 2 is 2.15 bits per heavy atom. The molecule has 10 heteroatoms. The van der Waals surface area contributed by atoms with Crippen LogP contribution in [0.4, 0.5) is 17.3 Å². The Balaban J connectivity index is 2.29. The zero-order valence-corrected chi connectivity index (χ0v) is 15.8. The van der Waals surface area contributed by atoms with Crippen molar-refractivity contribution in [3.05, 3.63) is 39.4 Å². The second-order valence-corrected chi connectivity index (χ2v) is 6.43. The van der Waals surface area contributed by atoms with Crippen LogP contribution in [0.2, 0.25) is 0 Å². The summed E-state index contributed by atoms with van der Waals surface area (Å²) in [5.74, 6) is 1.11. The molecule has 0 saturated heterocycles. The Kier molecular flexibility index (Phi) is 5.01. The number of aromatic nitrogens is 1. The van der Waals surface area contributed by atoms with Crippen molar-refractivity contribution in [3.63, 3.8) is 0 Å². The van der Waals surface area contributed by atoms with Gasteiger partial charge >= 0.3 is 0 Å². The number of aliphatic imine (C=N–C) groups is 1. The molecular weight excluding hydrogens is 412 g/mol. The van der Waals surface area contributed by atoms with Gasteiger partial charge in [0.25, 0.3) is 0 Å². The average molecular weight is 427 g/mol. The number of fused-ring (bicyclic) bond motifs is 1. The summed E-state index contributed by atoms with van der Waals surface area (Å²) in [6.45, 7) is 2.33. The highest BCUT2D eigenvalue weighted by Crippen LogP contribution is 2.43. The molecular formula is C17H15BrN8O. The summed E-state index contributed by atoms with van der Waals surface area (Å²) < 4.78 is 6.54. The second kappa shape index (κ2) is 7.40. The van der Waals surface area contributed by atoms with E-state index >= 15 is 0 Å². The molecule has 1 aliphatic rings. The molecule has 0 amide bonds. The number of nitrogens with zero attached hydrogens (tertiary/aromatic N) is 4. The van der Waals surface area contributed by atoms with Gasteiger partial charge < -0.3 is 21.5 Å². The summed E-state index contributed by atoms with van der Waals surface area (Å²) in [6.07, 6.45) is 1.82. The van der Waals surface area contributed by atoms with Crippen LogP contribution in [0.15, 0.2) is 27.7 Å². The van der Waals surface area contributed by atoms with Crippen LogP contribution in [0.3, 0.4) is 0 Å². The third-order valence-corrected chi connectivity index (χ3v) is 4.42. The Labute approximate surface area is 163 Å². The maximum atomic E-state index is 9.38. The number of rotatable bonds is 3. The number of nitrogen functional groups attached to an aromatic ring is 2. The summed E-state index contributed by atoms with van der Waals surface area (Å²) in [7, 11) is 0. The van der Waals surface area contributed by atoms with Crippen molar-refractivity contribution in [2.45, 2.75) is 13.0 Å². The summed E-state index contributed by atoms with van der Waals surface area (Å²) in [5.41, 5.74) is 13.5. The lowest BCUT2D eigenvalue weighted by Crippen LogP contribution is -2.33. The van der Waals surface area contributed by atoms with E-state index in [-0.39, 0.29) is 23.0 Å². The number of hydrogen-bond donors (Lipinski definition) is 4. The number of anilines is 3. The number of pyridine rings is 1. The lowest BCUT2D eigenvalue weighted by Gasteiger charge is -2.27. The second-order valence-electron chi connectivity index (χ2n) is 5.52. The van der Waals surface area contributed by atoms with E-state index in [0.29, 0.717) is 29.3 Å². The minimum Gasteiger partial charge on any atom is -0.494 e. The summed E-state index contributed by atoms with van der Waals surface area (Å²) in [5, 5.41) is 23.7. The van der Waals surface area contributed by atoms with Gasteiger partial charge in [-0.05, 0) is 25.1 Å². The molecule has 1 aliphatic heterocycles. The van der Waals surface area contributed by atoms with E-state index in [4.69, 9.17) is 21.5 Å². The molecule has 2 heterocycles. The number of nitrogens with one attached hydrogen (secondary N) is 2. The van der Waals surface area contributed by atoms with Crippen molar-refractivity contribution in [2.75, 3.05) is 23.4 Å². The predicted octanol–water partition coefficient (Wildman–Crippen LogP) is 2.22. The normalized spacial score (nSPS) is 14.8. The first kappa shape index (κ1) is 18.3. The summed E-state index contributed by atoms with van der Waals surface area (Å²) in [4.78, 5) is 8.77. The molecule has 1 unspecified atom stereocenters. The Morgan fingerprint density at radius 3 is 2.81 bits per heavy atom. The zero-order chi connectivity index (χ0) is 19.6. The van der Waals surface area contributed by atoms with Crippen molar-refractivity contribution in [3.8, 4) is 18.0 Å². The number of nitrogens with two attached hydrogens (primary N) is 2. The highest BCUT2D eigenvalue weighted by atomic mass is 79.9. The van der Waals surface area contributed by atoms with Crippen LogP contribution in [0.25, 0.3) is 0 Å². The maximum Gasteiger partial charge on any atom is 0.211 e. The van der Waals surface area contributed by atoms with Gasteiger partial charge in [0, 0.05) is 15.6 Å². The van der Waals surface area contributed by atoms with Crippen LogP contribution in [0, 0.1) is 22.8 Å². The average Bonchev–Trinajstić information content (AvgIpc) is 2.63. The number of nitriles is 2. The highest BCUT2D eigenvalue weighted by molar-refractivity contribution is 9.10. The maximum absolute atomic E-state index is 9.38. The largest absolute Gasteiger partial charge is 0.494 e. The molecule has 1 aromatic heterocycles. The number of halogens is 1. The van der Waals surface area contributed by atoms with E-state index in [9.17, 15) is 5.26 Å². The molecule has 0 radical (unpaired) electrons. The molecule has 2 aromatic rings. The van der Waals surface area contributed by atoms with Gasteiger partial charge in [0.05, 0.1) is 12.3 Å². The predicted molar refractivity (Wildman–Crippen MR) is 105 cm³/mol. The molecule has 9 nitrogen and oxygen atoms in total. The Morgan fingerprint density at radius 1 is 1.37 bits per heavy atom. The summed E-state index contributed by atoms with van der Waals surface area (Å²) in [6, 6.07) is 6.82. The van der Waals surface area contributed by atoms with Crippen LogP contribution in [0.5, 0.6) is 5.75 Å². The molecule has 0 saturated carbocycles. The molecule has 0 fully saturated rings. The molecule has 6 N–H and O–H groups in total. The van der Waals surface area contributed by atoms with Gasteiger partial charge in [-0.25, -0.2) is 9.98 Å². The molecule has 0 spiro atoms. The van der Waals surface area contributed by atoms with E-state index in [1.54, 1.807) is 0 Å². The SMILES string of the molecule is CCOc1ccc(Br)cc1C1N=C(NC#N)Nc2nc(N)c(C#N)c(N)c21. The van der Waals surface area contributed by atoms with Gasteiger partial charge in [-0.1, -0.05) is 15.9 Å². The van der Waals surface area contributed by atoms with Crippen molar-refractivity contribution in [2.24, 2.45) is 4.99 Å². The fourth-order valence-electron chi connectivity index (χ4n) is 2.83. The summed E-state index contributed by atoms with van der Waals surface area (Å²) >= 11 is 3.45. The molecule has 3 rings (SSSR count). The first-order valence-corrected chi connectivity index (χ1v) is 8.70. The van der Waals surface area contributed by atoms with Crippen molar-refractivity contribution in [1.29, 1.82) is 10.5 Å². The van der Waals surface area contributed by atoms with Gasteiger partial charge in [-0.3, -0.25) is 5.32 Å². The van der Waals surface area contributed by atoms with Crippen LogP contribution >= 0.6 is 15.9 Å². The van der Waals surface area contributed by atoms with Gasteiger partial charge in [-0.15, -0.1) is 0 Å². The molecule has 27 heavy (non-hydrogen) atoms. The van der Waals surface area contributed by atoms with Gasteiger partial charge in [0.15, 0.2) is 6.19 Å². The molecule has 136 valence electrons. The van der Waals surface area contributed by atoms with E-state index in [1.165, 1.54) is 0 Å². The third-order valence-electron chi connectivity index (χ3n) is 3.92. The van der Waals surface area contributed by atoms with E-state index in [1.807, 2.05) is 37.4 Å². The van der Waals surface area contributed by atoms with Crippen LogP contribution in [0.1, 0.15) is 29.7 Å². The fourth-order valence-corrected chi connectivity index (χ4v) is 3.20. The van der Waals surface area contributed by atoms with Crippen LogP contribution < -0.4 is 26.8 Å². The quantitative estimate of drug-likeness (QED) is 0.429. The molecule has 0 bridgehead atoms. The Bertz CT molecular complexity index is 1020. The monoisotopic (exact) mass is 426 g/mol. The highest BCUT2D eigenvalue weighted by Gasteiger charge is 2.31. The topological polar surface area (TPSA) is 158 Å². The lowest BCUT2D eigenvalue weighted by atomic mass is 9.94. The molecule has 1 aromatic carbocycles. The number of benzene rings is 1. The van der Waals surface area contributed by atoms with Gasteiger partial charge in [0.2, 0.25) is 5.96 Å². The first-order chi connectivity index (χ1) is 13.0. The number of hydrogen-bond acceptors (Lipinski definition) is 9. The minimum absolute atomic E-state index is 0.00233. The molecule has 0 aliphatic carbocycles. The number of ether oxygens (including phenoxy) is 1. The zero-order valence-electron chi connectivity index (χ0n) is 14.2. The van der Waals surface area contributed by atoms with Crippen LogP contribution in [-0.2, 0) is 0 Å². The molecule has 1 atom stereocenters. The number of guanidine groups is 1. The van der Waals surface area contributed by atoms with Crippen molar-refractivity contribution in [1.82, 2.24) is 10.3 Å².